The maximum Gasteiger partial charge on any atom is 0.347 e. The molecule has 3 amide bonds. The summed E-state index contributed by atoms with van der Waals surface area (Å²) in [6, 6.07) is 0. The van der Waals surface area contributed by atoms with Crippen LogP contribution in [0.2, 0.25) is 0 Å². The first-order valence-electron chi connectivity index (χ1n) is 7.46. The highest BCUT2D eigenvalue weighted by Crippen LogP contribution is 2.11. The van der Waals surface area contributed by atoms with Crippen molar-refractivity contribution in [3.8, 4) is 0 Å². The quantitative estimate of drug-likeness (QED) is 0.398. The normalized spacial score (nSPS) is 17.9. The smallest absolute Gasteiger partial charge is 0.337 e. The van der Waals surface area contributed by atoms with Gasteiger partial charge in [0.1, 0.15) is 6.54 Å². The number of carbonyl (C=O) groups is 4. The molecule has 0 aromatic carbocycles. The van der Waals surface area contributed by atoms with Crippen LogP contribution in [-0.4, -0.2) is 77.1 Å². The van der Waals surface area contributed by atoms with Crippen LogP contribution < -0.4 is 0 Å². The molecular weight excluding hydrogens is 358 g/mol. The van der Waals surface area contributed by atoms with E-state index in [-0.39, 0.29) is 38.4 Å². The van der Waals surface area contributed by atoms with Gasteiger partial charge in [-0.25, -0.2) is 4.79 Å². The summed E-state index contributed by atoms with van der Waals surface area (Å²) < 4.78 is 32.3. The predicted octanol–water partition coefficient (Wildman–Crippen LogP) is -1.51. The molecule has 0 radical (unpaired) electrons. The van der Waals surface area contributed by atoms with Crippen molar-refractivity contribution >= 4 is 34.0 Å². The van der Waals surface area contributed by atoms with Crippen molar-refractivity contribution in [1.82, 2.24) is 14.3 Å². The van der Waals surface area contributed by atoms with Gasteiger partial charge in [-0.05, 0) is 12.8 Å². The molecule has 0 bridgehead atoms. The van der Waals surface area contributed by atoms with Crippen molar-refractivity contribution in [2.45, 2.75) is 19.3 Å². The maximum absolute atomic E-state index is 11.8. The fourth-order valence-corrected chi connectivity index (χ4v) is 2.98. The van der Waals surface area contributed by atoms with E-state index in [4.69, 9.17) is 4.84 Å². The van der Waals surface area contributed by atoms with Gasteiger partial charge in [0, 0.05) is 31.7 Å². The van der Waals surface area contributed by atoms with Gasteiger partial charge in [-0.3, -0.25) is 23.8 Å². The lowest BCUT2D eigenvalue weighted by Gasteiger charge is -2.21. The van der Waals surface area contributed by atoms with E-state index in [1.54, 1.807) is 0 Å². The van der Waals surface area contributed by atoms with Gasteiger partial charge in [0.2, 0.25) is 0 Å². The average molecular weight is 375 g/mol. The summed E-state index contributed by atoms with van der Waals surface area (Å²) in [6.07, 6.45) is 2.96. The molecule has 0 aromatic heterocycles. The van der Waals surface area contributed by atoms with E-state index in [9.17, 15) is 32.1 Å². The summed E-state index contributed by atoms with van der Waals surface area (Å²) >= 11 is 0. The first kappa shape index (κ1) is 19.0. The highest BCUT2D eigenvalue weighted by molar-refractivity contribution is 7.83. The molecule has 0 unspecified atom stereocenters. The molecule has 1 saturated heterocycles. The fourth-order valence-electron chi connectivity index (χ4n) is 2.35. The molecule has 0 saturated carbocycles. The first-order valence-corrected chi connectivity index (χ1v) is 8.85. The number of hydrogen-bond acceptors (Lipinski definition) is 7. The van der Waals surface area contributed by atoms with Crippen molar-refractivity contribution in [3.05, 3.63) is 12.2 Å². The van der Waals surface area contributed by atoms with Gasteiger partial charge in [-0.15, -0.1) is 0 Å². The summed E-state index contributed by atoms with van der Waals surface area (Å²) in [5, 5.41) is 0.845. The molecule has 2 aliphatic rings. The third-order valence-corrected chi connectivity index (χ3v) is 4.53. The molecular formula is C13H17N3O8S. The van der Waals surface area contributed by atoms with E-state index in [2.05, 4.69) is 0 Å². The van der Waals surface area contributed by atoms with Gasteiger partial charge in [0.25, 0.3) is 17.7 Å². The number of carbonyl (C=O) groups excluding carboxylic acids is 4. The molecule has 25 heavy (non-hydrogen) atoms. The number of nitrogens with zero attached hydrogens (tertiary/aromatic N) is 3. The Bertz CT molecular complexity index is 699. The molecule has 2 heterocycles. The second-order valence-electron chi connectivity index (χ2n) is 5.39. The molecule has 138 valence electrons. The van der Waals surface area contributed by atoms with Crippen LogP contribution in [0.25, 0.3) is 0 Å². The van der Waals surface area contributed by atoms with Crippen LogP contribution in [0, 0.1) is 0 Å². The lowest BCUT2D eigenvalue weighted by Crippen LogP contribution is -2.41. The van der Waals surface area contributed by atoms with Crippen LogP contribution in [0.3, 0.4) is 0 Å². The van der Waals surface area contributed by atoms with Crippen LogP contribution in [0.5, 0.6) is 0 Å². The Morgan fingerprint density at radius 1 is 1.24 bits per heavy atom. The number of hydrogen-bond donors (Lipinski definition) is 1. The monoisotopic (exact) mass is 375 g/mol. The number of imide groups is 1. The maximum atomic E-state index is 11.8. The van der Waals surface area contributed by atoms with Gasteiger partial charge in [-0.1, -0.05) is 0 Å². The van der Waals surface area contributed by atoms with Gasteiger partial charge in [0.05, 0.1) is 6.54 Å². The average Bonchev–Trinajstić information content (AvgIpc) is 3.05. The van der Waals surface area contributed by atoms with Crippen LogP contribution in [0.15, 0.2) is 12.2 Å². The van der Waals surface area contributed by atoms with Crippen molar-refractivity contribution < 1.29 is 37.0 Å². The summed E-state index contributed by atoms with van der Waals surface area (Å²) in [5.41, 5.74) is 0. The van der Waals surface area contributed by atoms with Gasteiger partial charge >= 0.3 is 16.3 Å². The van der Waals surface area contributed by atoms with E-state index >= 15 is 0 Å². The molecule has 1 N–H and O–H groups in total. The fraction of sp³-hybridized carbons (Fsp3) is 0.538. The minimum atomic E-state index is -4.70. The molecule has 11 nitrogen and oxygen atoms in total. The molecule has 0 aliphatic carbocycles. The van der Waals surface area contributed by atoms with E-state index in [1.165, 1.54) is 0 Å². The zero-order chi connectivity index (χ0) is 18.6. The van der Waals surface area contributed by atoms with Gasteiger partial charge in [0.15, 0.2) is 0 Å². The highest BCUT2D eigenvalue weighted by atomic mass is 32.2. The molecule has 2 aliphatic heterocycles. The van der Waals surface area contributed by atoms with E-state index < -0.39 is 34.6 Å². The number of amides is 3. The minimum Gasteiger partial charge on any atom is -0.337 e. The first-order chi connectivity index (χ1) is 11.7. The Morgan fingerprint density at radius 2 is 1.88 bits per heavy atom. The van der Waals surface area contributed by atoms with Gasteiger partial charge < -0.3 is 4.84 Å². The van der Waals surface area contributed by atoms with Crippen LogP contribution in [-0.2, 0) is 34.3 Å². The van der Waals surface area contributed by atoms with E-state index in [0.717, 1.165) is 22.1 Å². The summed E-state index contributed by atoms with van der Waals surface area (Å²) in [4.78, 5) is 51.6. The van der Waals surface area contributed by atoms with Crippen molar-refractivity contribution in [2.75, 3.05) is 26.2 Å². The molecule has 1 fully saturated rings. The topological polar surface area (TPSA) is 142 Å². The molecule has 0 spiro atoms. The molecule has 0 aromatic rings. The zero-order valence-electron chi connectivity index (χ0n) is 13.2. The standard InChI is InChI=1S/C13H17N3O8S/c17-10-4-5-11(18)15(10)7-2-6-14(25(21,22)23)9-13(20)24-16-8-1-3-12(16)19/h4-5H,1-3,6-9H2,(H,21,22,23). The second kappa shape index (κ2) is 7.72. The van der Waals surface area contributed by atoms with Gasteiger partial charge in [-0.2, -0.15) is 17.8 Å². The summed E-state index contributed by atoms with van der Waals surface area (Å²) in [5.74, 6) is -2.45. The summed E-state index contributed by atoms with van der Waals surface area (Å²) in [7, 11) is -4.70. The van der Waals surface area contributed by atoms with Crippen LogP contribution in [0.1, 0.15) is 19.3 Å². The lowest BCUT2D eigenvalue weighted by molar-refractivity contribution is -0.192. The highest BCUT2D eigenvalue weighted by Gasteiger charge is 2.29. The Kier molecular flexibility index (Phi) is 5.87. The van der Waals surface area contributed by atoms with E-state index in [1.807, 2.05) is 0 Å². The molecule has 0 atom stereocenters. The van der Waals surface area contributed by atoms with Crippen LogP contribution in [0.4, 0.5) is 0 Å². The Morgan fingerprint density at radius 3 is 2.40 bits per heavy atom. The third kappa shape index (κ3) is 5.08. The van der Waals surface area contributed by atoms with E-state index in [0.29, 0.717) is 10.7 Å². The van der Waals surface area contributed by atoms with Crippen molar-refractivity contribution in [2.24, 2.45) is 0 Å². The minimum absolute atomic E-state index is 0.00880. The second-order valence-corrected chi connectivity index (χ2v) is 6.80. The number of hydroxylamine groups is 2. The number of rotatable bonds is 8. The zero-order valence-corrected chi connectivity index (χ0v) is 14.0. The predicted molar refractivity (Wildman–Crippen MR) is 80.6 cm³/mol. The Labute approximate surface area is 143 Å². The largest absolute Gasteiger partial charge is 0.347 e. The summed E-state index contributed by atoms with van der Waals surface area (Å²) in [6.45, 7) is -0.972. The molecule has 12 heteroatoms. The Balaban J connectivity index is 1.86. The SMILES string of the molecule is O=C(CN(CCCN1C(=O)C=CC1=O)S(=O)(=O)O)ON1CCCC1=O. The third-order valence-electron chi connectivity index (χ3n) is 3.56. The van der Waals surface area contributed by atoms with Crippen molar-refractivity contribution in [3.63, 3.8) is 0 Å². The van der Waals surface area contributed by atoms with Crippen molar-refractivity contribution in [1.29, 1.82) is 0 Å². The lowest BCUT2D eigenvalue weighted by atomic mass is 10.3. The Hall–Kier alpha value is -2.31. The van der Waals surface area contributed by atoms with Crippen LogP contribution >= 0.6 is 0 Å². The molecule has 2 rings (SSSR count).